The number of hydrogen-bond acceptors (Lipinski definition) is 4. The lowest BCUT2D eigenvalue weighted by Crippen LogP contribution is -2.49. The summed E-state index contributed by atoms with van der Waals surface area (Å²) in [6.45, 7) is 0.273. The number of likely N-dealkylation sites (tertiary alicyclic amines) is 1. The maximum atomic E-state index is 12.4. The zero-order chi connectivity index (χ0) is 15.4. The maximum Gasteiger partial charge on any atom is 0.326 e. The second kappa shape index (κ2) is 6.69. The third kappa shape index (κ3) is 3.59. The molecule has 1 heterocycles. The summed E-state index contributed by atoms with van der Waals surface area (Å²) in [5.74, 6) is -1.36. The zero-order valence-electron chi connectivity index (χ0n) is 11.9. The van der Waals surface area contributed by atoms with Gasteiger partial charge in [0.2, 0.25) is 5.91 Å². The molecule has 1 fully saturated rings. The van der Waals surface area contributed by atoms with Gasteiger partial charge in [0, 0.05) is 20.1 Å². The third-order valence-corrected chi connectivity index (χ3v) is 3.78. The van der Waals surface area contributed by atoms with E-state index >= 15 is 0 Å². The summed E-state index contributed by atoms with van der Waals surface area (Å²) in [6, 6.07) is 7.83. The van der Waals surface area contributed by atoms with E-state index in [0.29, 0.717) is 12.8 Å². The Morgan fingerprint density at radius 3 is 2.67 bits per heavy atom. The van der Waals surface area contributed by atoms with Crippen LogP contribution in [-0.2, 0) is 20.7 Å². The second-order valence-corrected chi connectivity index (χ2v) is 5.23. The van der Waals surface area contributed by atoms with Crippen LogP contribution in [0.25, 0.3) is 0 Å². The molecule has 0 spiro atoms. The number of carbonyl (C=O) groups is 2. The molecular weight excluding hydrogens is 272 g/mol. The topological polar surface area (TPSA) is 92.9 Å². The predicted molar refractivity (Wildman–Crippen MR) is 76.7 cm³/mol. The Kier molecular flexibility index (Phi) is 4.93. The maximum absolute atomic E-state index is 12.4. The van der Waals surface area contributed by atoms with Crippen LogP contribution in [0.2, 0.25) is 0 Å². The molecule has 1 aliphatic heterocycles. The molecule has 6 nitrogen and oxygen atoms in total. The van der Waals surface area contributed by atoms with Gasteiger partial charge in [0.25, 0.3) is 0 Å². The quantitative estimate of drug-likeness (QED) is 0.812. The number of carboxylic acids is 1. The highest BCUT2D eigenvalue weighted by Crippen LogP contribution is 2.21. The molecule has 21 heavy (non-hydrogen) atoms. The molecule has 0 bridgehead atoms. The fraction of sp³-hybridized carbons (Fsp3) is 0.467. The molecule has 0 saturated carbocycles. The van der Waals surface area contributed by atoms with E-state index in [1.807, 2.05) is 30.3 Å². The largest absolute Gasteiger partial charge is 0.480 e. The molecule has 2 rings (SSSR count). The van der Waals surface area contributed by atoms with E-state index in [-0.39, 0.29) is 18.6 Å². The molecule has 1 saturated heterocycles. The highest BCUT2D eigenvalue weighted by Gasteiger charge is 2.41. The van der Waals surface area contributed by atoms with E-state index < -0.39 is 18.1 Å². The van der Waals surface area contributed by atoms with Gasteiger partial charge in [0.05, 0.1) is 12.1 Å². The number of aliphatic carboxylic acids is 1. The highest BCUT2D eigenvalue weighted by atomic mass is 16.5. The standard InChI is InChI=1S/C15H20N2O4/c1-21-11-8-13(15(19)20)17(9-11)14(18)12(16)7-10-5-3-2-4-6-10/h2-6,11-13H,7-9,16H2,1H3,(H,19,20)/t11?,12-,13?/m1/s1. The molecule has 0 radical (unpaired) electrons. The lowest BCUT2D eigenvalue weighted by molar-refractivity contribution is -0.148. The van der Waals surface area contributed by atoms with Crippen molar-refractivity contribution in [1.29, 1.82) is 0 Å². The minimum atomic E-state index is -1.02. The number of carbonyl (C=O) groups excluding carboxylic acids is 1. The van der Waals surface area contributed by atoms with E-state index in [1.54, 1.807) is 0 Å². The van der Waals surface area contributed by atoms with Crippen LogP contribution in [0.3, 0.4) is 0 Å². The van der Waals surface area contributed by atoms with Crippen molar-refractivity contribution >= 4 is 11.9 Å². The number of carboxylic acid groups (broad SMARTS) is 1. The van der Waals surface area contributed by atoms with Crippen molar-refractivity contribution in [2.45, 2.75) is 31.0 Å². The normalized spacial score (nSPS) is 23.0. The summed E-state index contributed by atoms with van der Waals surface area (Å²) in [5, 5.41) is 9.23. The summed E-state index contributed by atoms with van der Waals surface area (Å²) in [6.07, 6.45) is 0.439. The van der Waals surface area contributed by atoms with Crippen LogP contribution in [0.4, 0.5) is 0 Å². The molecule has 2 unspecified atom stereocenters. The monoisotopic (exact) mass is 292 g/mol. The van der Waals surface area contributed by atoms with Gasteiger partial charge in [-0.05, 0) is 12.0 Å². The number of methoxy groups -OCH3 is 1. The summed E-state index contributed by atoms with van der Waals surface area (Å²) in [5.41, 5.74) is 6.90. The number of rotatable bonds is 5. The minimum absolute atomic E-state index is 0.251. The number of nitrogens with zero attached hydrogens (tertiary/aromatic N) is 1. The first-order chi connectivity index (χ1) is 10.0. The van der Waals surface area contributed by atoms with Gasteiger partial charge in [-0.3, -0.25) is 4.79 Å². The van der Waals surface area contributed by atoms with Gasteiger partial charge in [-0.15, -0.1) is 0 Å². The molecule has 3 atom stereocenters. The minimum Gasteiger partial charge on any atom is -0.480 e. The van der Waals surface area contributed by atoms with Crippen molar-refractivity contribution in [1.82, 2.24) is 4.90 Å². The van der Waals surface area contributed by atoms with Gasteiger partial charge in [0.15, 0.2) is 0 Å². The smallest absolute Gasteiger partial charge is 0.326 e. The molecule has 1 aromatic carbocycles. The lowest BCUT2D eigenvalue weighted by atomic mass is 10.1. The molecule has 1 aliphatic rings. The number of amides is 1. The Morgan fingerprint density at radius 2 is 2.10 bits per heavy atom. The SMILES string of the molecule is COC1CC(C(=O)O)N(C(=O)[C@H](N)Cc2ccccc2)C1. The Labute approximate surface area is 123 Å². The molecule has 0 aromatic heterocycles. The van der Waals surface area contributed by atoms with E-state index in [0.717, 1.165) is 5.56 Å². The Hall–Kier alpha value is -1.92. The summed E-state index contributed by atoms with van der Waals surface area (Å²) >= 11 is 0. The Morgan fingerprint density at radius 1 is 1.43 bits per heavy atom. The van der Waals surface area contributed by atoms with Crippen molar-refractivity contribution in [2.24, 2.45) is 5.73 Å². The molecule has 1 aromatic rings. The summed E-state index contributed by atoms with van der Waals surface area (Å²) in [4.78, 5) is 25.0. The number of nitrogens with two attached hydrogens (primary N) is 1. The average Bonchev–Trinajstić information content (AvgIpc) is 2.92. The van der Waals surface area contributed by atoms with Gasteiger partial charge in [-0.2, -0.15) is 0 Å². The first kappa shape index (κ1) is 15.5. The van der Waals surface area contributed by atoms with E-state index in [9.17, 15) is 14.7 Å². The third-order valence-electron chi connectivity index (χ3n) is 3.78. The van der Waals surface area contributed by atoms with E-state index in [1.165, 1.54) is 12.0 Å². The molecule has 3 N–H and O–H groups in total. The molecule has 0 aliphatic carbocycles. The number of ether oxygens (including phenoxy) is 1. The van der Waals surface area contributed by atoms with Crippen molar-refractivity contribution in [3.63, 3.8) is 0 Å². The lowest BCUT2D eigenvalue weighted by Gasteiger charge is -2.24. The van der Waals surface area contributed by atoms with E-state index in [4.69, 9.17) is 10.5 Å². The first-order valence-electron chi connectivity index (χ1n) is 6.88. The van der Waals surface area contributed by atoms with Gasteiger partial charge in [-0.25, -0.2) is 4.79 Å². The average molecular weight is 292 g/mol. The zero-order valence-corrected chi connectivity index (χ0v) is 11.9. The van der Waals surface area contributed by atoms with Crippen molar-refractivity contribution < 1.29 is 19.4 Å². The van der Waals surface area contributed by atoms with E-state index in [2.05, 4.69) is 0 Å². The van der Waals surface area contributed by atoms with Crippen LogP contribution in [0.15, 0.2) is 30.3 Å². The van der Waals surface area contributed by atoms with Crippen LogP contribution in [0.5, 0.6) is 0 Å². The fourth-order valence-electron chi connectivity index (χ4n) is 2.61. The molecular formula is C15H20N2O4. The number of hydrogen-bond donors (Lipinski definition) is 2. The summed E-state index contributed by atoms with van der Waals surface area (Å²) in [7, 11) is 1.52. The van der Waals surface area contributed by atoms with Crippen LogP contribution in [0.1, 0.15) is 12.0 Å². The van der Waals surface area contributed by atoms with Gasteiger partial charge in [0.1, 0.15) is 6.04 Å². The van der Waals surface area contributed by atoms with Gasteiger partial charge in [-0.1, -0.05) is 30.3 Å². The van der Waals surface area contributed by atoms with Crippen LogP contribution < -0.4 is 5.73 Å². The fourth-order valence-corrected chi connectivity index (χ4v) is 2.61. The molecule has 6 heteroatoms. The summed E-state index contributed by atoms with van der Waals surface area (Å²) < 4.78 is 5.17. The molecule has 1 amide bonds. The number of benzene rings is 1. The Bertz CT molecular complexity index is 506. The van der Waals surface area contributed by atoms with Crippen molar-refractivity contribution in [2.75, 3.05) is 13.7 Å². The van der Waals surface area contributed by atoms with Crippen LogP contribution in [-0.4, -0.2) is 53.7 Å². The highest BCUT2D eigenvalue weighted by molar-refractivity contribution is 5.87. The molecule has 114 valence electrons. The van der Waals surface area contributed by atoms with Crippen LogP contribution in [0, 0.1) is 0 Å². The van der Waals surface area contributed by atoms with Gasteiger partial charge >= 0.3 is 5.97 Å². The predicted octanol–water partition coefficient (Wildman–Crippen LogP) is 0.257. The van der Waals surface area contributed by atoms with Crippen LogP contribution >= 0.6 is 0 Å². The van der Waals surface area contributed by atoms with Crippen molar-refractivity contribution in [3.8, 4) is 0 Å². The Balaban J connectivity index is 2.05. The first-order valence-corrected chi connectivity index (χ1v) is 6.88. The van der Waals surface area contributed by atoms with Gasteiger partial charge < -0.3 is 20.5 Å². The second-order valence-electron chi connectivity index (χ2n) is 5.23. The van der Waals surface area contributed by atoms with Crippen molar-refractivity contribution in [3.05, 3.63) is 35.9 Å².